The van der Waals surface area contributed by atoms with Crippen molar-refractivity contribution in [1.29, 1.82) is 0 Å². The first-order chi connectivity index (χ1) is 12.6. The van der Waals surface area contributed by atoms with E-state index in [1.165, 1.54) is 6.26 Å². The van der Waals surface area contributed by atoms with Crippen LogP contribution in [0.3, 0.4) is 0 Å². The predicted molar refractivity (Wildman–Crippen MR) is 94.6 cm³/mol. The van der Waals surface area contributed by atoms with Crippen LogP contribution in [0.2, 0.25) is 5.02 Å². The normalized spacial score (nSPS) is 10.5. The van der Waals surface area contributed by atoms with E-state index in [4.69, 9.17) is 20.4 Å². The van der Waals surface area contributed by atoms with Gasteiger partial charge in [0.1, 0.15) is 5.76 Å². The number of benzene rings is 1. The molecule has 0 fully saturated rings. The van der Waals surface area contributed by atoms with E-state index >= 15 is 0 Å². The highest BCUT2D eigenvalue weighted by molar-refractivity contribution is 7.99. The average molecular weight is 393 g/mol. The second kappa shape index (κ2) is 8.54. The summed E-state index contributed by atoms with van der Waals surface area (Å²) in [5, 5.41) is 13.2. The van der Waals surface area contributed by atoms with Crippen molar-refractivity contribution < 1.29 is 18.4 Å². The van der Waals surface area contributed by atoms with Gasteiger partial charge in [0, 0.05) is 10.6 Å². The minimum atomic E-state index is -0.614. The Balaban J connectivity index is 1.45. The lowest BCUT2D eigenvalue weighted by Gasteiger charge is -2.04. The van der Waals surface area contributed by atoms with Crippen LogP contribution in [0.15, 0.2) is 56.7 Å². The molecule has 0 radical (unpaired) electrons. The Morgan fingerprint density at radius 1 is 1.19 bits per heavy atom. The highest BCUT2D eigenvalue weighted by Crippen LogP contribution is 2.24. The maximum Gasteiger partial charge on any atom is 0.321 e. The zero-order valence-corrected chi connectivity index (χ0v) is 14.8. The molecular formula is C16H13ClN4O4S. The van der Waals surface area contributed by atoms with Gasteiger partial charge in [-0.2, -0.15) is 0 Å². The van der Waals surface area contributed by atoms with Gasteiger partial charge in [-0.25, -0.2) is 4.79 Å². The molecule has 0 unspecified atom stereocenters. The largest absolute Gasteiger partial charge is 0.467 e. The van der Waals surface area contributed by atoms with E-state index in [1.54, 1.807) is 36.4 Å². The summed E-state index contributed by atoms with van der Waals surface area (Å²) in [5.74, 6) is 0.341. The summed E-state index contributed by atoms with van der Waals surface area (Å²) in [7, 11) is 0. The number of furan rings is 1. The topological polar surface area (TPSA) is 110 Å². The third-order valence-corrected chi connectivity index (χ3v) is 4.11. The molecule has 2 heterocycles. The fraction of sp³-hybridized carbons (Fsp3) is 0.125. The summed E-state index contributed by atoms with van der Waals surface area (Å²) in [4.78, 5) is 23.4. The van der Waals surface area contributed by atoms with Crippen LogP contribution in [-0.4, -0.2) is 27.9 Å². The van der Waals surface area contributed by atoms with Crippen LogP contribution in [0.5, 0.6) is 0 Å². The van der Waals surface area contributed by atoms with Gasteiger partial charge in [-0.3, -0.25) is 10.1 Å². The molecule has 0 bridgehead atoms. The van der Waals surface area contributed by atoms with Crippen molar-refractivity contribution in [2.24, 2.45) is 0 Å². The zero-order valence-electron chi connectivity index (χ0n) is 13.3. The van der Waals surface area contributed by atoms with Crippen LogP contribution in [0.4, 0.5) is 4.79 Å². The van der Waals surface area contributed by atoms with Crippen molar-refractivity contribution in [2.45, 2.75) is 11.8 Å². The van der Waals surface area contributed by atoms with Gasteiger partial charge >= 0.3 is 6.03 Å². The SMILES string of the molecule is O=C(CSc1nnc(-c2cccc(Cl)c2)o1)NC(=O)NCc1ccco1. The Kier molecular flexibility index (Phi) is 5.92. The second-order valence-corrected chi connectivity index (χ2v) is 6.35. The number of urea groups is 1. The molecule has 0 spiro atoms. The highest BCUT2D eigenvalue weighted by Gasteiger charge is 2.13. The lowest BCUT2D eigenvalue weighted by Crippen LogP contribution is -2.39. The fourth-order valence-electron chi connectivity index (χ4n) is 1.92. The van der Waals surface area contributed by atoms with E-state index in [-0.39, 0.29) is 17.5 Å². The third-order valence-electron chi connectivity index (χ3n) is 3.06. The molecule has 0 atom stereocenters. The Hall–Kier alpha value is -2.78. The molecule has 1 aromatic carbocycles. The minimum absolute atomic E-state index is 0.0502. The molecule has 26 heavy (non-hydrogen) atoms. The maximum atomic E-state index is 11.8. The van der Waals surface area contributed by atoms with Gasteiger partial charge in [-0.15, -0.1) is 10.2 Å². The third kappa shape index (κ3) is 5.11. The lowest BCUT2D eigenvalue weighted by molar-refractivity contribution is -0.117. The Morgan fingerprint density at radius 2 is 2.08 bits per heavy atom. The van der Waals surface area contributed by atoms with Crippen LogP contribution >= 0.6 is 23.4 Å². The van der Waals surface area contributed by atoms with Gasteiger partial charge < -0.3 is 14.2 Å². The number of imide groups is 1. The second-order valence-electron chi connectivity index (χ2n) is 4.98. The molecule has 0 aliphatic carbocycles. The molecule has 0 saturated carbocycles. The quantitative estimate of drug-likeness (QED) is 0.620. The average Bonchev–Trinajstić information content (AvgIpc) is 3.30. The van der Waals surface area contributed by atoms with Crippen LogP contribution < -0.4 is 10.6 Å². The summed E-state index contributed by atoms with van der Waals surface area (Å²) < 4.78 is 10.5. The number of carbonyl (C=O) groups excluding carboxylic acids is 2. The molecular weight excluding hydrogens is 380 g/mol. The van der Waals surface area contributed by atoms with Crippen LogP contribution in [0.25, 0.3) is 11.5 Å². The molecule has 0 aliphatic rings. The van der Waals surface area contributed by atoms with Gasteiger partial charge in [0.25, 0.3) is 5.22 Å². The molecule has 2 N–H and O–H groups in total. The van der Waals surface area contributed by atoms with Crippen LogP contribution in [-0.2, 0) is 11.3 Å². The molecule has 0 saturated heterocycles. The first-order valence-electron chi connectivity index (χ1n) is 7.42. The Morgan fingerprint density at radius 3 is 2.85 bits per heavy atom. The van der Waals surface area contributed by atoms with E-state index in [0.717, 1.165) is 11.8 Å². The van der Waals surface area contributed by atoms with Crippen molar-refractivity contribution >= 4 is 35.3 Å². The van der Waals surface area contributed by atoms with Crippen LogP contribution in [0, 0.1) is 0 Å². The van der Waals surface area contributed by atoms with E-state index in [0.29, 0.717) is 22.2 Å². The molecule has 0 aliphatic heterocycles. The zero-order chi connectivity index (χ0) is 18.4. The highest BCUT2D eigenvalue weighted by atomic mass is 35.5. The number of aromatic nitrogens is 2. The minimum Gasteiger partial charge on any atom is -0.467 e. The molecule has 134 valence electrons. The smallest absolute Gasteiger partial charge is 0.321 e. The van der Waals surface area contributed by atoms with Crippen molar-refractivity contribution in [1.82, 2.24) is 20.8 Å². The number of hydrogen-bond donors (Lipinski definition) is 2. The summed E-state index contributed by atoms with van der Waals surface area (Å²) in [6, 6.07) is 9.78. The summed E-state index contributed by atoms with van der Waals surface area (Å²) in [6.45, 7) is 0.186. The molecule has 3 aromatic rings. The first-order valence-corrected chi connectivity index (χ1v) is 8.79. The predicted octanol–water partition coefficient (Wildman–Crippen LogP) is 3.10. The Labute approximate surface area is 157 Å². The summed E-state index contributed by atoms with van der Waals surface area (Å²) in [5.41, 5.74) is 0.679. The lowest BCUT2D eigenvalue weighted by atomic mass is 10.2. The standard InChI is InChI=1S/C16H13ClN4O4S/c17-11-4-1-3-10(7-11)14-20-21-16(25-14)26-9-13(22)19-15(23)18-8-12-5-2-6-24-12/h1-7H,8-9H2,(H2,18,19,22,23). The first kappa shape index (κ1) is 18.0. The molecule has 2 aromatic heterocycles. The van der Waals surface area contributed by atoms with Crippen molar-refractivity contribution in [3.8, 4) is 11.5 Å². The van der Waals surface area contributed by atoms with Gasteiger partial charge in [0.15, 0.2) is 0 Å². The number of amides is 3. The van der Waals surface area contributed by atoms with Gasteiger partial charge in [0.05, 0.1) is 18.6 Å². The Bertz CT molecular complexity index is 897. The van der Waals surface area contributed by atoms with Gasteiger partial charge in [-0.05, 0) is 30.3 Å². The fourth-order valence-corrected chi connectivity index (χ4v) is 2.67. The molecule has 10 heteroatoms. The van der Waals surface area contributed by atoms with E-state index < -0.39 is 11.9 Å². The molecule has 3 amide bonds. The van der Waals surface area contributed by atoms with Crippen molar-refractivity contribution in [3.05, 3.63) is 53.4 Å². The van der Waals surface area contributed by atoms with Crippen molar-refractivity contribution in [2.75, 3.05) is 5.75 Å². The summed E-state index contributed by atoms with van der Waals surface area (Å²) in [6.07, 6.45) is 1.50. The number of nitrogens with one attached hydrogen (secondary N) is 2. The van der Waals surface area contributed by atoms with Crippen LogP contribution in [0.1, 0.15) is 5.76 Å². The van der Waals surface area contributed by atoms with Crippen molar-refractivity contribution in [3.63, 3.8) is 0 Å². The summed E-state index contributed by atoms with van der Waals surface area (Å²) >= 11 is 6.94. The van der Waals surface area contributed by atoms with E-state index in [1.807, 2.05) is 0 Å². The number of thioether (sulfide) groups is 1. The number of hydrogen-bond acceptors (Lipinski definition) is 7. The van der Waals surface area contributed by atoms with E-state index in [2.05, 4.69) is 20.8 Å². The number of halogens is 1. The number of carbonyl (C=O) groups is 2. The van der Waals surface area contributed by atoms with Gasteiger partial charge in [0.2, 0.25) is 11.8 Å². The molecule has 8 nitrogen and oxygen atoms in total. The number of rotatable bonds is 6. The molecule has 3 rings (SSSR count). The van der Waals surface area contributed by atoms with E-state index in [9.17, 15) is 9.59 Å². The monoisotopic (exact) mass is 392 g/mol. The number of nitrogens with zero attached hydrogens (tertiary/aromatic N) is 2. The van der Waals surface area contributed by atoms with Gasteiger partial charge in [-0.1, -0.05) is 29.4 Å². The maximum absolute atomic E-state index is 11.8.